The summed E-state index contributed by atoms with van der Waals surface area (Å²) in [6.45, 7) is 3.81. The molecule has 1 heterocycles. The summed E-state index contributed by atoms with van der Waals surface area (Å²) in [5.74, 6) is 0.950. The van der Waals surface area contributed by atoms with Crippen LogP contribution < -0.4 is 15.1 Å². The highest BCUT2D eigenvalue weighted by Gasteiger charge is 2.17. The Labute approximate surface area is 185 Å². The zero-order valence-electron chi connectivity index (χ0n) is 17.4. The van der Waals surface area contributed by atoms with Crippen LogP contribution in [0.2, 0.25) is 0 Å². The molecule has 162 valence electrons. The fourth-order valence-corrected chi connectivity index (χ4v) is 4.58. The van der Waals surface area contributed by atoms with Gasteiger partial charge in [-0.3, -0.25) is 4.72 Å². The van der Waals surface area contributed by atoms with Crippen LogP contribution in [-0.2, 0) is 16.4 Å². The van der Waals surface area contributed by atoms with E-state index in [0.29, 0.717) is 34.6 Å². The molecule has 32 heavy (non-hydrogen) atoms. The first kappa shape index (κ1) is 21.4. The van der Waals surface area contributed by atoms with Crippen molar-refractivity contribution >= 4 is 26.5 Å². The molecule has 1 aromatic heterocycles. The fourth-order valence-electron chi connectivity index (χ4n) is 3.53. The average molecular weight is 448 g/mol. The molecule has 3 aromatic carbocycles. The average Bonchev–Trinajstić information content (AvgIpc) is 2.81. The molecule has 0 aliphatic rings. The summed E-state index contributed by atoms with van der Waals surface area (Å²) in [4.78, 5) is 12.7. The Morgan fingerprint density at radius 3 is 2.41 bits per heavy atom. The third-order valence-corrected chi connectivity index (χ3v) is 6.43. The number of hydrogen-bond acceptors (Lipinski definition) is 5. The van der Waals surface area contributed by atoms with Crippen molar-refractivity contribution < 1.29 is 17.6 Å². The molecule has 0 aliphatic heterocycles. The van der Waals surface area contributed by atoms with Gasteiger partial charge < -0.3 is 9.15 Å². The summed E-state index contributed by atoms with van der Waals surface area (Å²) >= 11 is 0. The van der Waals surface area contributed by atoms with Crippen LogP contribution in [0.4, 0.5) is 5.69 Å². The van der Waals surface area contributed by atoms with E-state index in [4.69, 9.17) is 9.15 Å². The Morgan fingerprint density at radius 2 is 1.72 bits per heavy atom. The molecular weight excluding hydrogens is 426 g/mol. The van der Waals surface area contributed by atoms with E-state index in [2.05, 4.69) is 11.3 Å². The van der Waals surface area contributed by atoms with Crippen LogP contribution in [0.5, 0.6) is 5.75 Å². The van der Waals surface area contributed by atoms with Gasteiger partial charge in [0, 0.05) is 16.8 Å². The molecule has 0 saturated carbocycles. The summed E-state index contributed by atoms with van der Waals surface area (Å²) in [6.07, 6.45) is 2.23. The SMILES string of the molecule is C=CCc1c(-c2cccc(NS(=O)(=O)c3ccc(OC)cc3)c2)oc(=O)c2ccccc12. The smallest absolute Gasteiger partial charge is 0.344 e. The van der Waals surface area contributed by atoms with E-state index in [1.54, 1.807) is 54.6 Å². The number of hydrogen-bond donors (Lipinski definition) is 1. The van der Waals surface area contributed by atoms with E-state index in [0.717, 1.165) is 10.9 Å². The Hall–Kier alpha value is -3.84. The van der Waals surface area contributed by atoms with Gasteiger partial charge in [0.25, 0.3) is 10.0 Å². The van der Waals surface area contributed by atoms with E-state index >= 15 is 0 Å². The highest BCUT2D eigenvalue weighted by Crippen LogP contribution is 2.31. The summed E-state index contributed by atoms with van der Waals surface area (Å²) in [6, 6.07) is 20.1. The first-order valence-corrected chi connectivity index (χ1v) is 11.3. The van der Waals surface area contributed by atoms with Crippen LogP contribution in [0, 0.1) is 0 Å². The number of anilines is 1. The van der Waals surface area contributed by atoms with Crippen molar-refractivity contribution in [2.75, 3.05) is 11.8 Å². The predicted molar refractivity (Wildman–Crippen MR) is 126 cm³/mol. The molecule has 0 atom stereocenters. The summed E-state index contributed by atoms with van der Waals surface area (Å²) in [7, 11) is -2.30. The van der Waals surface area contributed by atoms with Gasteiger partial charge in [0.1, 0.15) is 11.5 Å². The van der Waals surface area contributed by atoms with Crippen molar-refractivity contribution in [1.82, 2.24) is 0 Å². The Balaban J connectivity index is 1.76. The number of ether oxygens (including phenoxy) is 1. The zero-order valence-corrected chi connectivity index (χ0v) is 18.2. The third-order valence-electron chi connectivity index (χ3n) is 5.04. The minimum Gasteiger partial charge on any atom is -0.497 e. The van der Waals surface area contributed by atoms with Crippen LogP contribution in [0.1, 0.15) is 5.56 Å². The quantitative estimate of drug-likeness (QED) is 0.403. The number of methoxy groups -OCH3 is 1. The van der Waals surface area contributed by atoms with Crippen molar-refractivity contribution in [3.8, 4) is 17.1 Å². The maximum Gasteiger partial charge on any atom is 0.344 e. The lowest BCUT2D eigenvalue weighted by atomic mass is 9.99. The fraction of sp³-hybridized carbons (Fsp3) is 0.0800. The topological polar surface area (TPSA) is 85.6 Å². The number of rotatable bonds is 7. The maximum absolute atomic E-state index is 12.8. The normalized spacial score (nSPS) is 11.3. The number of fused-ring (bicyclic) bond motifs is 1. The van der Waals surface area contributed by atoms with Gasteiger partial charge in [-0.05, 0) is 54.3 Å². The molecule has 1 N–H and O–H groups in total. The number of sulfonamides is 1. The molecule has 0 amide bonds. The largest absolute Gasteiger partial charge is 0.497 e. The summed E-state index contributed by atoms with van der Waals surface area (Å²) in [5.41, 5.74) is 1.29. The number of allylic oxidation sites excluding steroid dienone is 1. The second kappa shape index (κ2) is 8.72. The van der Waals surface area contributed by atoms with Gasteiger partial charge in [0.15, 0.2) is 0 Å². The van der Waals surface area contributed by atoms with Crippen LogP contribution in [-0.4, -0.2) is 15.5 Å². The molecule has 0 radical (unpaired) electrons. The summed E-state index contributed by atoms with van der Waals surface area (Å²) in [5, 5.41) is 1.27. The van der Waals surface area contributed by atoms with Crippen LogP contribution in [0.3, 0.4) is 0 Å². The van der Waals surface area contributed by atoms with Crippen LogP contribution in [0.25, 0.3) is 22.1 Å². The molecule has 0 unspecified atom stereocenters. The lowest BCUT2D eigenvalue weighted by Gasteiger charge is -2.13. The first-order chi connectivity index (χ1) is 15.4. The van der Waals surface area contributed by atoms with Crippen molar-refractivity contribution in [1.29, 1.82) is 0 Å². The number of benzene rings is 3. The lowest BCUT2D eigenvalue weighted by molar-refractivity contribution is 0.414. The van der Waals surface area contributed by atoms with Gasteiger partial charge in [0.05, 0.1) is 17.4 Å². The molecule has 0 spiro atoms. The van der Waals surface area contributed by atoms with E-state index in [1.807, 2.05) is 12.1 Å². The minimum absolute atomic E-state index is 0.105. The van der Waals surface area contributed by atoms with Gasteiger partial charge in [-0.1, -0.05) is 36.4 Å². The van der Waals surface area contributed by atoms with Gasteiger partial charge in [-0.15, -0.1) is 6.58 Å². The van der Waals surface area contributed by atoms with E-state index in [9.17, 15) is 13.2 Å². The summed E-state index contributed by atoms with van der Waals surface area (Å²) < 4.78 is 38.9. The highest BCUT2D eigenvalue weighted by molar-refractivity contribution is 7.92. The highest BCUT2D eigenvalue weighted by atomic mass is 32.2. The standard InChI is InChI=1S/C25H21NO5S/c1-3-7-22-21-10-4-5-11-23(21)25(27)31-24(22)17-8-6-9-18(16-17)26-32(28,29)20-14-12-19(30-2)13-15-20/h3-6,8-16,26H,1,7H2,2H3. The molecule has 7 heteroatoms. The zero-order chi connectivity index (χ0) is 22.7. The molecule has 0 fully saturated rings. The van der Waals surface area contributed by atoms with Crippen molar-refractivity contribution in [3.05, 3.63) is 101 Å². The van der Waals surface area contributed by atoms with E-state index in [-0.39, 0.29) is 4.90 Å². The second-order valence-electron chi connectivity index (χ2n) is 7.10. The van der Waals surface area contributed by atoms with Gasteiger partial charge in [0.2, 0.25) is 0 Å². The van der Waals surface area contributed by atoms with E-state index < -0.39 is 15.6 Å². The van der Waals surface area contributed by atoms with Crippen LogP contribution in [0.15, 0.2) is 99.6 Å². The molecule has 0 aliphatic carbocycles. The molecule has 6 nitrogen and oxygen atoms in total. The van der Waals surface area contributed by atoms with Crippen molar-refractivity contribution in [2.45, 2.75) is 11.3 Å². The Morgan fingerprint density at radius 1 is 1.00 bits per heavy atom. The molecule has 4 aromatic rings. The number of nitrogens with one attached hydrogen (secondary N) is 1. The molecule has 0 bridgehead atoms. The maximum atomic E-state index is 12.8. The van der Waals surface area contributed by atoms with Gasteiger partial charge >= 0.3 is 5.63 Å². The van der Waals surface area contributed by atoms with E-state index in [1.165, 1.54) is 19.2 Å². The lowest BCUT2D eigenvalue weighted by Crippen LogP contribution is -2.13. The monoisotopic (exact) mass is 447 g/mol. The predicted octanol–water partition coefficient (Wildman–Crippen LogP) is 5.00. The second-order valence-corrected chi connectivity index (χ2v) is 8.78. The van der Waals surface area contributed by atoms with Crippen LogP contribution >= 0.6 is 0 Å². The molecule has 4 rings (SSSR count). The third kappa shape index (κ3) is 4.15. The van der Waals surface area contributed by atoms with Crippen molar-refractivity contribution in [2.24, 2.45) is 0 Å². The van der Waals surface area contributed by atoms with Gasteiger partial charge in [-0.2, -0.15) is 0 Å². The first-order valence-electron chi connectivity index (χ1n) is 9.86. The van der Waals surface area contributed by atoms with Gasteiger partial charge in [-0.25, -0.2) is 13.2 Å². The Kier molecular flexibility index (Phi) is 5.83. The Bertz CT molecular complexity index is 1450. The minimum atomic E-state index is -3.81. The molecular formula is C25H21NO5S. The molecule has 0 saturated heterocycles. The van der Waals surface area contributed by atoms with Crippen molar-refractivity contribution in [3.63, 3.8) is 0 Å².